The lowest BCUT2D eigenvalue weighted by molar-refractivity contribution is 0.281. The molecule has 2 rings (SSSR count). The van der Waals surface area contributed by atoms with Crippen molar-refractivity contribution in [3.63, 3.8) is 0 Å². The van der Waals surface area contributed by atoms with E-state index >= 15 is 0 Å². The van der Waals surface area contributed by atoms with Gasteiger partial charge in [0.1, 0.15) is 0 Å². The van der Waals surface area contributed by atoms with Crippen molar-refractivity contribution in [1.29, 1.82) is 5.26 Å². The third-order valence-electron chi connectivity index (χ3n) is 3.97. The molecule has 2 fully saturated rings. The second kappa shape index (κ2) is 3.70. The molecule has 0 aromatic carbocycles. The standard InChI is InChI=1S/C10H15N.C2H6/c1-2-9-3-5-10(7-9,8-11)6-4-9;1-2/h2-7H2,1H3;1-2H3. The highest BCUT2D eigenvalue weighted by Crippen LogP contribution is 2.62. The first-order chi connectivity index (χ1) is 6.24. The zero-order chi connectivity index (χ0) is 9.95. The zero-order valence-corrected chi connectivity index (χ0v) is 9.19. The molecule has 74 valence electrons. The Kier molecular flexibility index (Phi) is 3.01. The van der Waals surface area contributed by atoms with Crippen LogP contribution >= 0.6 is 0 Å². The van der Waals surface area contributed by atoms with E-state index < -0.39 is 0 Å². The minimum absolute atomic E-state index is 0.121. The van der Waals surface area contributed by atoms with E-state index in [9.17, 15) is 0 Å². The van der Waals surface area contributed by atoms with Crippen molar-refractivity contribution in [3.05, 3.63) is 0 Å². The molecule has 2 aliphatic rings. The number of hydrogen-bond acceptors (Lipinski definition) is 1. The number of hydrogen-bond donors (Lipinski definition) is 0. The quantitative estimate of drug-likeness (QED) is 0.599. The Bertz CT molecular complexity index is 204. The van der Waals surface area contributed by atoms with Crippen LogP contribution in [-0.2, 0) is 0 Å². The van der Waals surface area contributed by atoms with E-state index in [0.29, 0.717) is 5.41 Å². The van der Waals surface area contributed by atoms with Gasteiger partial charge >= 0.3 is 0 Å². The van der Waals surface area contributed by atoms with Crippen molar-refractivity contribution < 1.29 is 0 Å². The van der Waals surface area contributed by atoms with Gasteiger partial charge in [0.25, 0.3) is 0 Å². The molecule has 0 amide bonds. The van der Waals surface area contributed by atoms with Gasteiger partial charge < -0.3 is 0 Å². The van der Waals surface area contributed by atoms with Gasteiger partial charge in [0.15, 0.2) is 0 Å². The summed E-state index contributed by atoms with van der Waals surface area (Å²) in [6.45, 7) is 6.28. The average molecular weight is 179 g/mol. The van der Waals surface area contributed by atoms with Gasteiger partial charge in [-0.05, 0) is 37.5 Å². The molecular formula is C12H21N. The molecule has 0 spiro atoms. The van der Waals surface area contributed by atoms with E-state index in [4.69, 9.17) is 5.26 Å². The van der Waals surface area contributed by atoms with Crippen molar-refractivity contribution in [2.75, 3.05) is 0 Å². The van der Waals surface area contributed by atoms with Gasteiger partial charge in [-0.2, -0.15) is 5.26 Å². The van der Waals surface area contributed by atoms with Crippen LogP contribution in [0.3, 0.4) is 0 Å². The molecule has 2 aliphatic carbocycles. The first-order valence-electron chi connectivity index (χ1n) is 5.66. The first-order valence-corrected chi connectivity index (χ1v) is 5.66. The Hall–Kier alpha value is -0.510. The van der Waals surface area contributed by atoms with Gasteiger partial charge in [-0.25, -0.2) is 0 Å². The monoisotopic (exact) mass is 179 g/mol. The lowest BCUT2D eigenvalue weighted by Gasteiger charge is -2.23. The Labute approximate surface area is 82.1 Å². The summed E-state index contributed by atoms with van der Waals surface area (Å²) in [6.07, 6.45) is 7.48. The number of fused-ring (bicyclic) bond motifs is 2. The van der Waals surface area contributed by atoms with Gasteiger partial charge in [-0.15, -0.1) is 0 Å². The Balaban J connectivity index is 0.000000396. The summed E-state index contributed by atoms with van der Waals surface area (Å²) in [5.41, 5.74) is 0.714. The van der Waals surface area contributed by atoms with Crippen LogP contribution in [0, 0.1) is 22.2 Å². The van der Waals surface area contributed by atoms with E-state index in [0.717, 1.165) is 0 Å². The van der Waals surface area contributed by atoms with Crippen LogP contribution in [0.15, 0.2) is 0 Å². The van der Waals surface area contributed by atoms with Gasteiger partial charge in [0.2, 0.25) is 0 Å². The molecule has 0 aromatic rings. The van der Waals surface area contributed by atoms with E-state index in [1.165, 1.54) is 38.5 Å². The topological polar surface area (TPSA) is 23.8 Å². The number of nitriles is 1. The minimum atomic E-state index is 0.121. The summed E-state index contributed by atoms with van der Waals surface area (Å²) in [6, 6.07) is 2.53. The third-order valence-corrected chi connectivity index (χ3v) is 3.97. The molecule has 1 heteroatoms. The lowest BCUT2D eigenvalue weighted by Crippen LogP contribution is -2.12. The van der Waals surface area contributed by atoms with Crippen molar-refractivity contribution in [2.24, 2.45) is 10.8 Å². The zero-order valence-electron chi connectivity index (χ0n) is 9.19. The third kappa shape index (κ3) is 1.59. The summed E-state index contributed by atoms with van der Waals surface area (Å²) in [5.74, 6) is 0. The van der Waals surface area contributed by atoms with Crippen LogP contribution in [0.1, 0.15) is 59.3 Å². The molecule has 0 unspecified atom stereocenters. The van der Waals surface area contributed by atoms with Crippen molar-refractivity contribution >= 4 is 0 Å². The Morgan fingerprint density at radius 1 is 1.15 bits per heavy atom. The van der Waals surface area contributed by atoms with E-state index in [1.54, 1.807) is 0 Å². The lowest BCUT2D eigenvalue weighted by atomic mass is 9.81. The first kappa shape index (κ1) is 10.6. The number of rotatable bonds is 1. The minimum Gasteiger partial charge on any atom is -0.198 e. The van der Waals surface area contributed by atoms with Crippen molar-refractivity contribution in [2.45, 2.75) is 59.3 Å². The smallest absolute Gasteiger partial charge is 0.0689 e. The summed E-state index contributed by atoms with van der Waals surface area (Å²) >= 11 is 0. The second-order valence-corrected chi connectivity index (χ2v) is 4.42. The van der Waals surface area contributed by atoms with Crippen LogP contribution < -0.4 is 0 Å². The van der Waals surface area contributed by atoms with Gasteiger partial charge in [-0.1, -0.05) is 27.2 Å². The predicted octanol–water partition coefficient (Wildman–Crippen LogP) is 3.90. The van der Waals surface area contributed by atoms with E-state index in [2.05, 4.69) is 13.0 Å². The molecule has 0 heterocycles. The average Bonchev–Trinajstić information content (AvgIpc) is 2.78. The van der Waals surface area contributed by atoms with Crippen molar-refractivity contribution in [3.8, 4) is 6.07 Å². The second-order valence-electron chi connectivity index (χ2n) is 4.42. The van der Waals surface area contributed by atoms with E-state index in [-0.39, 0.29) is 5.41 Å². The largest absolute Gasteiger partial charge is 0.198 e. The highest BCUT2D eigenvalue weighted by atomic mass is 14.6. The summed E-state index contributed by atoms with van der Waals surface area (Å²) < 4.78 is 0. The van der Waals surface area contributed by atoms with Crippen LogP contribution in [-0.4, -0.2) is 0 Å². The normalized spacial score (nSPS) is 40.8. The maximum absolute atomic E-state index is 9.00. The molecule has 0 aliphatic heterocycles. The molecule has 2 bridgehead atoms. The summed E-state index contributed by atoms with van der Waals surface area (Å²) in [4.78, 5) is 0. The highest BCUT2D eigenvalue weighted by Gasteiger charge is 2.53. The predicted molar refractivity (Wildman–Crippen MR) is 55.2 cm³/mol. The maximum atomic E-state index is 9.00. The molecule has 1 nitrogen and oxygen atoms in total. The Morgan fingerprint density at radius 2 is 1.69 bits per heavy atom. The van der Waals surface area contributed by atoms with Gasteiger partial charge in [0.05, 0.1) is 11.5 Å². The number of nitrogens with zero attached hydrogens (tertiary/aromatic N) is 1. The summed E-state index contributed by atoms with van der Waals surface area (Å²) in [5, 5.41) is 9.00. The van der Waals surface area contributed by atoms with Crippen LogP contribution in [0.2, 0.25) is 0 Å². The molecule has 2 saturated carbocycles. The maximum Gasteiger partial charge on any atom is 0.0689 e. The Morgan fingerprint density at radius 3 is 1.92 bits per heavy atom. The molecule has 0 N–H and O–H groups in total. The molecular weight excluding hydrogens is 158 g/mol. The van der Waals surface area contributed by atoms with Gasteiger partial charge in [0, 0.05) is 0 Å². The fraction of sp³-hybridized carbons (Fsp3) is 0.917. The highest BCUT2D eigenvalue weighted by molar-refractivity contribution is 5.13. The fourth-order valence-corrected chi connectivity index (χ4v) is 2.96. The van der Waals surface area contributed by atoms with E-state index in [1.807, 2.05) is 13.8 Å². The van der Waals surface area contributed by atoms with Crippen LogP contribution in [0.4, 0.5) is 0 Å². The van der Waals surface area contributed by atoms with Crippen molar-refractivity contribution in [1.82, 2.24) is 0 Å². The van der Waals surface area contributed by atoms with Gasteiger partial charge in [-0.3, -0.25) is 0 Å². The molecule has 0 aromatic heterocycles. The molecule has 0 atom stereocenters. The van der Waals surface area contributed by atoms with Crippen LogP contribution in [0.5, 0.6) is 0 Å². The molecule has 0 radical (unpaired) electrons. The molecule has 0 saturated heterocycles. The SMILES string of the molecule is CC.CCC12CCC(C#N)(CC1)C2. The van der Waals surface area contributed by atoms with Crippen LogP contribution in [0.25, 0.3) is 0 Å². The fourth-order valence-electron chi connectivity index (χ4n) is 2.96. The summed E-state index contributed by atoms with van der Waals surface area (Å²) in [7, 11) is 0. The molecule has 13 heavy (non-hydrogen) atoms.